The fraction of sp³-hybridized carbons (Fsp3) is 0.667. The van der Waals surface area contributed by atoms with Crippen LogP contribution in [0.3, 0.4) is 0 Å². The average Bonchev–Trinajstić information content (AvgIpc) is 2.98. The maximum atomic E-state index is 5.24. The first-order chi connectivity index (χ1) is 10.0. The molecule has 2 heterocycles. The lowest BCUT2D eigenvalue weighted by Gasteiger charge is -2.08. The predicted octanol–water partition coefficient (Wildman–Crippen LogP) is 2.24. The van der Waals surface area contributed by atoms with Crippen molar-refractivity contribution in [2.24, 2.45) is 5.92 Å². The number of rotatable bonds is 7. The lowest BCUT2D eigenvalue weighted by Crippen LogP contribution is -2.19. The Morgan fingerprint density at radius 2 is 2.05 bits per heavy atom. The second-order valence-electron chi connectivity index (χ2n) is 5.79. The molecular formula is C15H25N5O. The maximum Gasteiger partial charge on any atom is 0.248 e. The van der Waals surface area contributed by atoms with E-state index in [1.807, 2.05) is 18.5 Å². The highest BCUT2D eigenvalue weighted by molar-refractivity contribution is 5.24. The highest BCUT2D eigenvalue weighted by Gasteiger charge is 2.14. The molecule has 0 fully saturated rings. The number of nitrogens with zero attached hydrogens (tertiary/aromatic N) is 4. The molecule has 0 spiro atoms. The largest absolute Gasteiger partial charge is 0.337 e. The van der Waals surface area contributed by atoms with Gasteiger partial charge in [-0.05, 0) is 26.3 Å². The molecule has 0 unspecified atom stereocenters. The van der Waals surface area contributed by atoms with Gasteiger partial charge in [0.25, 0.3) is 0 Å². The van der Waals surface area contributed by atoms with Crippen LogP contribution in [0.15, 0.2) is 4.52 Å². The van der Waals surface area contributed by atoms with Gasteiger partial charge in [-0.2, -0.15) is 10.1 Å². The van der Waals surface area contributed by atoms with Crippen LogP contribution < -0.4 is 5.32 Å². The summed E-state index contributed by atoms with van der Waals surface area (Å²) < 4.78 is 7.18. The van der Waals surface area contributed by atoms with Crippen molar-refractivity contribution < 1.29 is 4.52 Å². The van der Waals surface area contributed by atoms with Gasteiger partial charge in [-0.3, -0.25) is 4.68 Å². The van der Waals surface area contributed by atoms with E-state index in [1.54, 1.807) is 0 Å². The highest BCUT2D eigenvalue weighted by atomic mass is 16.5. The van der Waals surface area contributed by atoms with E-state index >= 15 is 0 Å². The molecule has 0 amide bonds. The molecule has 0 saturated heterocycles. The minimum Gasteiger partial charge on any atom is -0.337 e. The van der Waals surface area contributed by atoms with Crippen molar-refractivity contribution in [2.75, 3.05) is 6.54 Å². The standard InChI is InChI=1S/C15H25N5O/c1-6-14-17-15(21-19-14)9-20-12(5)13(11(4)18-20)8-16-7-10(2)3/h10,16H,6-9H2,1-5H3. The van der Waals surface area contributed by atoms with E-state index in [4.69, 9.17) is 4.52 Å². The molecule has 0 atom stereocenters. The molecule has 2 aromatic rings. The van der Waals surface area contributed by atoms with Crippen molar-refractivity contribution in [3.05, 3.63) is 28.7 Å². The van der Waals surface area contributed by atoms with Crippen molar-refractivity contribution in [2.45, 2.75) is 54.1 Å². The molecule has 0 bridgehead atoms. The Labute approximate surface area is 125 Å². The lowest BCUT2D eigenvalue weighted by molar-refractivity contribution is 0.360. The second-order valence-corrected chi connectivity index (χ2v) is 5.79. The Bertz CT molecular complexity index is 585. The average molecular weight is 291 g/mol. The van der Waals surface area contributed by atoms with E-state index < -0.39 is 0 Å². The molecule has 1 N–H and O–H groups in total. The monoisotopic (exact) mass is 291 g/mol. The summed E-state index contributed by atoms with van der Waals surface area (Å²) in [5, 5.41) is 12.0. The normalized spacial score (nSPS) is 11.5. The van der Waals surface area contributed by atoms with Gasteiger partial charge < -0.3 is 9.84 Å². The van der Waals surface area contributed by atoms with E-state index in [0.717, 1.165) is 36.7 Å². The number of nitrogens with one attached hydrogen (secondary N) is 1. The Hall–Kier alpha value is -1.69. The molecule has 21 heavy (non-hydrogen) atoms. The Morgan fingerprint density at radius 1 is 1.29 bits per heavy atom. The number of aryl methyl sites for hydroxylation is 2. The van der Waals surface area contributed by atoms with Crippen LogP contribution in [0, 0.1) is 19.8 Å². The van der Waals surface area contributed by atoms with Gasteiger partial charge in [0.2, 0.25) is 5.89 Å². The quantitative estimate of drug-likeness (QED) is 0.847. The molecule has 0 aliphatic rings. The first kappa shape index (κ1) is 15.7. The Balaban J connectivity index is 2.07. The molecule has 2 rings (SSSR count). The van der Waals surface area contributed by atoms with Crippen molar-refractivity contribution in [1.29, 1.82) is 0 Å². The van der Waals surface area contributed by atoms with Crippen molar-refractivity contribution in [3.63, 3.8) is 0 Å². The van der Waals surface area contributed by atoms with Gasteiger partial charge in [-0.1, -0.05) is 25.9 Å². The van der Waals surface area contributed by atoms with E-state index in [0.29, 0.717) is 18.4 Å². The molecule has 6 heteroatoms. The van der Waals surface area contributed by atoms with Crippen molar-refractivity contribution in [3.8, 4) is 0 Å². The van der Waals surface area contributed by atoms with E-state index in [1.165, 1.54) is 5.56 Å². The Kier molecular flexibility index (Phi) is 5.12. The first-order valence-electron chi connectivity index (χ1n) is 7.56. The molecule has 0 saturated carbocycles. The van der Waals surface area contributed by atoms with E-state index in [-0.39, 0.29) is 0 Å². The molecule has 116 valence electrons. The molecule has 2 aromatic heterocycles. The first-order valence-corrected chi connectivity index (χ1v) is 7.56. The fourth-order valence-electron chi connectivity index (χ4n) is 2.26. The highest BCUT2D eigenvalue weighted by Crippen LogP contribution is 2.14. The predicted molar refractivity (Wildman–Crippen MR) is 81.0 cm³/mol. The molecule has 0 aliphatic carbocycles. The van der Waals surface area contributed by atoms with E-state index in [2.05, 4.69) is 41.3 Å². The zero-order valence-corrected chi connectivity index (χ0v) is 13.6. The van der Waals surface area contributed by atoms with Crippen LogP contribution in [-0.4, -0.2) is 26.5 Å². The molecule has 0 aromatic carbocycles. The van der Waals surface area contributed by atoms with Gasteiger partial charge in [0, 0.05) is 24.2 Å². The second kappa shape index (κ2) is 6.85. The smallest absolute Gasteiger partial charge is 0.248 e. The zero-order chi connectivity index (χ0) is 15.4. The van der Waals surface area contributed by atoms with Crippen LogP contribution in [0.25, 0.3) is 0 Å². The van der Waals surface area contributed by atoms with Gasteiger partial charge in [-0.25, -0.2) is 0 Å². The van der Waals surface area contributed by atoms with Crippen LogP contribution in [-0.2, 0) is 19.5 Å². The number of hydrogen-bond acceptors (Lipinski definition) is 5. The third-order valence-electron chi connectivity index (χ3n) is 3.50. The third kappa shape index (κ3) is 3.91. The third-order valence-corrected chi connectivity index (χ3v) is 3.50. The fourth-order valence-corrected chi connectivity index (χ4v) is 2.26. The van der Waals surface area contributed by atoms with Gasteiger partial charge in [0.05, 0.1) is 5.69 Å². The molecular weight excluding hydrogens is 266 g/mol. The molecule has 6 nitrogen and oxygen atoms in total. The van der Waals surface area contributed by atoms with Crippen molar-refractivity contribution in [1.82, 2.24) is 25.2 Å². The number of hydrogen-bond donors (Lipinski definition) is 1. The Morgan fingerprint density at radius 3 is 2.67 bits per heavy atom. The van der Waals surface area contributed by atoms with Gasteiger partial charge in [0.15, 0.2) is 5.82 Å². The van der Waals surface area contributed by atoms with Gasteiger partial charge >= 0.3 is 0 Å². The summed E-state index contributed by atoms with van der Waals surface area (Å²) in [6, 6.07) is 0. The SMILES string of the molecule is CCc1noc(Cn2nc(C)c(CNCC(C)C)c2C)n1. The summed E-state index contributed by atoms with van der Waals surface area (Å²) in [5.74, 6) is 2.00. The summed E-state index contributed by atoms with van der Waals surface area (Å²) in [7, 11) is 0. The summed E-state index contributed by atoms with van der Waals surface area (Å²) >= 11 is 0. The van der Waals surface area contributed by atoms with E-state index in [9.17, 15) is 0 Å². The van der Waals surface area contributed by atoms with Gasteiger partial charge in [-0.15, -0.1) is 0 Å². The van der Waals surface area contributed by atoms with Crippen LogP contribution in [0.1, 0.15) is 49.4 Å². The minimum absolute atomic E-state index is 0.532. The summed E-state index contributed by atoms with van der Waals surface area (Å²) in [5.41, 5.74) is 3.46. The minimum atomic E-state index is 0.532. The lowest BCUT2D eigenvalue weighted by atomic mass is 10.2. The van der Waals surface area contributed by atoms with Crippen LogP contribution in [0.5, 0.6) is 0 Å². The van der Waals surface area contributed by atoms with Crippen molar-refractivity contribution >= 4 is 0 Å². The van der Waals surface area contributed by atoms with Gasteiger partial charge in [0.1, 0.15) is 6.54 Å². The topological polar surface area (TPSA) is 68.8 Å². The number of aromatic nitrogens is 4. The van der Waals surface area contributed by atoms with Crippen LogP contribution >= 0.6 is 0 Å². The summed E-state index contributed by atoms with van der Waals surface area (Å²) in [6.45, 7) is 12.9. The molecule has 0 radical (unpaired) electrons. The zero-order valence-electron chi connectivity index (χ0n) is 13.6. The maximum absolute atomic E-state index is 5.24. The van der Waals surface area contributed by atoms with Crippen LogP contribution in [0.2, 0.25) is 0 Å². The molecule has 0 aliphatic heterocycles. The summed E-state index contributed by atoms with van der Waals surface area (Å²) in [4.78, 5) is 4.34. The van der Waals surface area contributed by atoms with Crippen LogP contribution in [0.4, 0.5) is 0 Å². The summed E-state index contributed by atoms with van der Waals surface area (Å²) in [6.07, 6.45) is 0.783.